The van der Waals surface area contributed by atoms with Gasteiger partial charge in [0.05, 0.1) is 25.3 Å². The van der Waals surface area contributed by atoms with E-state index in [-0.39, 0.29) is 5.92 Å². The van der Waals surface area contributed by atoms with Crippen LogP contribution in [-0.4, -0.2) is 19.3 Å². The largest absolute Gasteiger partial charge is 0.493 e. The smallest absolute Gasteiger partial charge is 0.168 e. The van der Waals surface area contributed by atoms with Crippen LogP contribution in [-0.2, 0) is 0 Å². The van der Waals surface area contributed by atoms with E-state index in [1.54, 1.807) is 14.0 Å². The molecule has 1 aromatic carbocycles. The summed E-state index contributed by atoms with van der Waals surface area (Å²) in [4.78, 5) is 0. The molecule has 0 amide bonds. The third-order valence-corrected chi connectivity index (χ3v) is 3.13. The summed E-state index contributed by atoms with van der Waals surface area (Å²) in [5.74, 6) is 1.34. The average Bonchev–Trinajstić information content (AvgIpc) is 2.26. The Morgan fingerprint density at radius 1 is 1.18 bits per heavy atom. The minimum Gasteiger partial charge on any atom is -0.493 e. The van der Waals surface area contributed by atoms with Crippen molar-refractivity contribution in [2.45, 2.75) is 32.8 Å². The fourth-order valence-electron chi connectivity index (χ4n) is 1.81. The molecule has 96 valence electrons. The Morgan fingerprint density at radius 2 is 1.76 bits per heavy atom. The Bertz CT molecular complexity index is 400. The Morgan fingerprint density at radius 3 is 2.12 bits per heavy atom. The molecule has 0 aliphatic heterocycles. The molecule has 0 saturated heterocycles. The molecule has 4 heteroatoms. The van der Waals surface area contributed by atoms with E-state index in [0.717, 1.165) is 5.56 Å². The number of rotatable bonds is 4. The van der Waals surface area contributed by atoms with Gasteiger partial charge in [0.15, 0.2) is 11.5 Å². The van der Waals surface area contributed by atoms with Crippen LogP contribution >= 0.6 is 11.6 Å². The average molecular weight is 259 g/mol. The first-order valence-electron chi connectivity index (χ1n) is 5.56. The molecule has 0 heterocycles. The summed E-state index contributed by atoms with van der Waals surface area (Å²) in [6.07, 6.45) is -0.704. The van der Waals surface area contributed by atoms with Crippen LogP contribution in [0, 0.1) is 0 Å². The zero-order chi connectivity index (χ0) is 13.2. The number of hydrogen-bond acceptors (Lipinski definition) is 3. The summed E-state index contributed by atoms with van der Waals surface area (Å²) >= 11 is 6.32. The van der Waals surface area contributed by atoms with Gasteiger partial charge in [0, 0.05) is 5.56 Å². The fourth-order valence-corrected chi connectivity index (χ4v) is 2.33. The molecule has 1 aromatic rings. The topological polar surface area (TPSA) is 38.7 Å². The van der Waals surface area contributed by atoms with Gasteiger partial charge in [0.25, 0.3) is 0 Å². The van der Waals surface area contributed by atoms with E-state index in [1.165, 1.54) is 7.11 Å². The highest BCUT2D eigenvalue weighted by molar-refractivity contribution is 6.32. The maximum atomic E-state index is 9.82. The zero-order valence-corrected chi connectivity index (χ0v) is 11.6. The monoisotopic (exact) mass is 258 g/mol. The highest BCUT2D eigenvalue weighted by atomic mass is 35.5. The van der Waals surface area contributed by atoms with Gasteiger partial charge in [0.1, 0.15) is 0 Å². The quantitative estimate of drug-likeness (QED) is 0.898. The number of methoxy groups -OCH3 is 2. The first kappa shape index (κ1) is 14.1. The van der Waals surface area contributed by atoms with E-state index >= 15 is 0 Å². The molecule has 0 bridgehead atoms. The van der Waals surface area contributed by atoms with Gasteiger partial charge in [-0.05, 0) is 24.5 Å². The lowest BCUT2D eigenvalue weighted by molar-refractivity contribution is 0.193. The summed E-state index contributed by atoms with van der Waals surface area (Å²) < 4.78 is 10.6. The van der Waals surface area contributed by atoms with Crippen LogP contribution in [0.3, 0.4) is 0 Å². The molecule has 1 atom stereocenters. The lowest BCUT2D eigenvalue weighted by Crippen LogP contribution is -2.04. The second kappa shape index (κ2) is 5.61. The van der Waals surface area contributed by atoms with E-state index in [4.69, 9.17) is 21.1 Å². The van der Waals surface area contributed by atoms with Crippen LogP contribution in [0.2, 0.25) is 5.02 Å². The van der Waals surface area contributed by atoms with Gasteiger partial charge < -0.3 is 14.6 Å². The number of benzene rings is 1. The Hall–Kier alpha value is -0.930. The van der Waals surface area contributed by atoms with Crippen molar-refractivity contribution in [2.24, 2.45) is 0 Å². The Kier molecular flexibility index (Phi) is 4.66. The standard InChI is InChI=1S/C13H19ClO3/c1-7(2)9-6-10(16-4)13(17-5)11(8(3)15)12(9)14/h6-8,15H,1-5H3. The summed E-state index contributed by atoms with van der Waals surface area (Å²) in [5.41, 5.74) is 1.53. The lowest BCUT2D eigenvalue weighted by Gasteiger charge is -2.20. The fraction of sp³-hybridized carbons (Fsp3) is 0.538. The highest BCUT2D eigenvalue weighted by Crippen LogP contribution is 2.43. The van der Waals surface area contributed by atoms with Crippen molar-refractivity contribution >= 4 is 11.6 Å². The molecule has 0 fully saturated rings. The third-order valence-electron chi connectivity index (χ3n) is 2.71. The second-order valence-corrected chi connectivity index (χ2v) is 4.64. The van der Waals surface area contributed by atoms with Crippen molar-refractivity contribution in [1.29, 1.82) is 0 Å². The van der Waals surface area contributed by atoms with Crippen molar-refractivity contribution in [3.8, 4) is 11.5 Å². The van der Waals surface area contributed by atoms with Gasteiger partial charge in [-0.1, -0.05) is 25.4 Å². The predicted octanol–water partition coefficient (Wildman–Crippen LogP) is 3.53. The van der Waals surface area contributed by atoms with Crippen LogP contribution in [0.25, 0.3) is 0 Å². The first-order chi connectivity index (χ1) is 7.93. The van der Waals surface area contributed by atoms with Crippen LogP contribution in [0.1, 0.15) is 43.9 Å². The summed E-state index contributed by atoms with van der Waals surface area (Å²) in [6, 6.07) is 1.86. The minimum absolute atomic E-state index is 0.250. The number of hydrogen-bond donors (Lipinski definition) is 1. The maximum Gasteiger partial charge on any atom is 0.168 e. The van der Waals surface area contributed by atoms with Crippen molar-refractivity contribution < 1.29 is 14.6 Å². The van der Waals surface area contributed by atoms with E-state index in [1.807, 2.05) is 19.9 Å². The number of aliphatic hydroxyl groups is 1. The molecule has 3 nitrogen and oxygen atoms in total. The van der Waals surface area contributed by atoms with Crippen molar-refractivity contribution in [3.63, 3.8) is 0 Å². The number of aliphatic hydroxyl groups excluding tert-OH is 1. The van der Waals surface area contributed by atoms with Crippen LogP contribution < -0.4 is 9.47 Å². The molecule has 1 N–H and O–H groups in total. The van der Waals surface area contributed by atoms with Gasteiger partial charge in [0.2, 0.25) is 0 Å². The lowest BCUT2D eigenvalue weighted by atomic mass is 9.97. The van der Waals surface area contributed by atoms with E-state index in [9.17, 15) is 5.11 Å². The molecule has 0 spiro atoms. The Labute approximate surface area is 107 Å². The number of halogens is 1. The van der Waals surface area contributed by atoms with E-state index in [0.29, 0.717) is 22.1 Å². The Balaban J connectivity index is 3.57. The molecule has 0 aliphatic rings. The van der Waals surface area contributed by atoms with Gasteiger partial charge in [-0.3, -0.25) is 0 Å². The summed E-state index contributed by atoms with van der Waals surface area (Å²) in [6.45, 7) is 5.74. The normalized spacial score (nSPS) is 12.7. The van der Waals surface area contributed by atoms with Crippen LogP contribution in [0.4, 0.5) is 0 Å². The van der Waals surface area contributed by atoms with E-state index < -0.39 is 6.10 Å². The molecule has 17 heavy (non-hydrogen) atoms. The molecular formula is C13H19ClO3. The molecule has 1 rings (SSSR count). The SMILES string of the molecule is COc1cc(C(C)C)c(Cl)c(C(C)O)c1OC. The van der Waals surface area contributed by atoms with Gasteiger partial charge in [-0.25, -0.2) is 0 Å². The van der Waals surface area contributed by atoms with E-state index in [2.05, 4.69) is 0 Å². The van der Waals surface area contributed by atoms with Gasteiger partial charge >= 0.3 is 0 Å². The zero-order valence-electron chi connectivity index (χ0n) is 10.9. The van der Waals surface area contributed by atoms with Crippen molar-refractivity contribution in [2.75, 3.05) is 14.2 Å². The summed E-state index contributed by atoms with van der Waals surface area (Å²) in [5, 5.41) is 10.4. The first-order valence-corrected chi connectivity index (χ1v) is 5.94. The molecule has 1 unspecified atom stereocenters. The van der Waals surface area contributed by atoms with Gasteiger partial charge in [-0.15, -0.1) is 0 Å². The summed E-state index contributed by atoms with van der Waals surface area (Å²) in [7, 11) is 3.11. The molecular weight excluding hydrogens is 240 g/mol. The molecule has 0 aliphatic carbocycles. The van der Waals surface area contributed by atoms with Crippen molar-refractivity contribution in [3.05, 3.63) is 22.2 Å². The van der Waals surface area contributed by atoms with Gasteiger partial charge in [-0.2, -0.15) is 0 Å². The minimum atomic E-state index is -0.704. The third kappa shape index (κ3) is 2.67. The molecule has 0 radical (unpaired) electrons. The maximum absolute atomic E-state index is 9.82. The number of ether oxygens (including phenoxy) is 2. The molecule has 0 aromatic heterocycles. The van der Waals surface area contributed by atoms with Crippen molar-refractivity contribution in [1.82, 2.24) is 0 Å². The predicted molar refractivity (Wildman–Crippen MR) is 69.3 cm³/mol. The molecule has 0 saturated carbocycles. The highest BCUT2D eigenvalue weighted by Gasteiger charge is 2.22. The second-order valence-electron chi connectivity index (χ2n) is 4.26. The van der Waals surface area contributed by atoms with Crippen LogP contribution in [0.5, 0.6) is 11.5 Å². The van der Waals surface area contributed by atoms with Crippen LogP contribution in [0.15, 0.2) is 6.07 Å².